The van der Waals surface area contributed by atoms with Crippen molar-refractivity contribution in [3.8, 4) is 0 Å². The first-order chi connectivity index (χ1) is 9.42. The summed E-state index contributed by atoms with van der Waals surface area (Å²) in [5, 5.41) is -0.0679. The van der Waals surface area contributed by atoms with Crippen molar-refractivity contribution < 1.29 is 8.42 Å². The molecule has 0 saturated carbocycles. The molecule has 1 aromatic carbocycles. The number of sulfonamides is 1. The Kier molecular flexibility index (Phi) is 4.95. The average Bonchev–Trinajstić information content (AvgIpc) is 2.41. The Morgan fingerprint density at radius 1 is 1.35 bits per heavy atom. The van der Waals surface area contributed by atoms with Crippen LogP contribution in [-0.4, -0.2) is 19.7 Å². The number of benzene rings is 1. The van der Waals surface area contributed by atoms with E-state index in [-0.39, 0.29) is 10.0 Å². The molecule has 0 radical (unpaired) electrons. The molecule has 0 fully saturated rings. The van der Waals surface area contributed by atoms with E-state index in [0.717, 1.165) is 4.90 Å². The Morgan fingerprint density at radius 2 is 2.10 bits per heavy atom. The number of nitrogens with zero attached hydrogens (tertiary/aromatic N) is 1. The lowest BCUT2D eigenvalue weighted by atomic mass is 10.3. The van der Waals surface area contributed by atoms with Crippen LogP contribution in [0.1, 0.15) is 0 Å². The summed E-state index contributed by atoms with van der Waals surface area (Å²) in [7, 11) is -3.78. The van der Waals surface area contributed by atoms with Gasteiger partial charge in [0.05, 0.1) is 0 Å². The van der Waals surface area contributed by atoms with Gasteiger partial charge in [-0.3, -0.25) is 4.72 Å². The van der Waals surface area contributed by atoms with Gasteiger partial charge in [0.15, 0.2) is 0 Å². The Hall–Kier alpha value is -0.760. The van der Waals surface area contributed by atoms with Crippen molar-refractivity contribution in [3.05, 3.63) is 46.2 Å². The summed E-state index contributed by atoms with van der Waals surface area (Å²) in [5.41, 5.74) is 0.480. The lowest BCUT2D eigenvalue weighted by Crippen LogP contribution is -2.14. The van der Waals surface area contributed by atoms with E-state index in [1.807, 2.05) is 12.3 Å². The van der Waals surface area contributed by atoms with Crippen LogP contribution in [0.15, 0.2) is 50.8 Å². The van der Waals surface area contributed by atoms with Gasteiger partial charge in [0.1, 0.15) is 10.0 Å². The lowest BCUT2D eigenvalue weighted by molar-refractivity contribution is 0.601. The molecule has 2 rings (SSSR count). The fourth-order valence-electron chi connectivity index (χ4n) is 1.49. The van der Waals surface area contributed by atoms with Crippen molar-refractivity contribution in [3.63, 3.8) is 0 Å². The van der Waals surface area contributed by atoms with Gasteiger partial charge in [0.2, 0.25) is 0 Å². The molecule has 8 heteroatoms. The van der Waals surface area contributed by atoms with E-state index in [0.29, 0.717) is 10.2 Å². The summed E-state index contributed by atoms with van der Waals surface area (Å²) in [4.78, 5) is 4.71. The zero-order chi connectivity index (χ0) is 14.8. The second-order valence-corrected chi connectivity index (χ2v) is 7.58. The summed E-state index contributed by atoms with van der Waals surface area (Å²) in [5.74, 6) is 0. The van der Waals surface area contributed by atoms with Gasteiger partial charge in [-0.15, -0.1) is 11.8 Å². The third-order valence-corrected chi connectivity index (χ3v) is 5.35. The topological polar surface area (TPSA) is 59.1 Å². The largest absolute Gasteiger partial charge is 0.279 e. The second kappa shape index (κ2) is 6.34. The Bertz CT molecular complexity index is 738. The predicted molar refractivity (Wildman–Crippen MR) is 86.0 cm³/mol. The van der Waals surface area contributed by atoms with Crippen LogP contribution in [0.3, 0.4) is 0 Å². The number of hydrogen-bond donors (Lipinski definition) is 1. The molecule has 0 aliphatic carbocycles. The molecule has 0 aliphatic rings. The highest BCUT2D eigenvalue weighted by Gasteiger charge is 2.19. The van der Waals surface area contributed by atoms with E-state index >= 15 is 0 Å². The number of thioether (sulfide) groups is 1. The lowest BCUT2D eigenvalue weighted by Gasteiger charge is -2.10. The van der Waals surface area contributed by atoms with Gasteiger partial charge in [-0.2, -0.15) is 0 Å². The van der Waals surface area contributed by atoms with Crippen LogP contribution >= 0.6 is 39.3 Å². The van der Waals surface area contributed by atoms with Gasteiger partial charge in [0.25, 0.3) is 10.0 Å². The van der Waals surface area contributed by atoms with E-state index in [9.17, 15) is 8.42 Å². The fourth-order valence-corrected chi connectivity index (χ4v) is 3.94. The fraction of sp³-hybridized carbons (Fsp3) is 0.0833. The van der Waals surface area contributed by atoms with Crippen molar-refractivity contribution in [2.24, 2.45) is 0 Å². The van der Waals surface area contributed by atoms with E-state index < -0.39 is 10.0 Å². The van der Waals surface area contributed by atoms with Crippen molar-refractivity contribution in [2.45, 2.75) is 9.79 Å². The molecule has 0 aliphatic heterocycles. The van der Waals surface area contributed by atoms with Crippen molar-refractivity contribution >= 4 is 55.0 Å². The molecular formula is C12H10BrClN2O2S2. The standard InChI is InChI=1S/C12H10BrClN2O2S2/c1-19-10-4-2-3-9(6-10)16-20(17,18)11-5-8(13)7-15-12(11)14/h2-7,16H,1H3. The zero-order valence-corrected chi connectivity index (χ0v) is 14.3. The highest BCUT2D eigenvalue weighted by molar-refractivity contribution is 9.10. The van der Waals surface area contributed by atoms with Crippen molar-refractivity contribution in [1.29, 1.82) is 0 Å². The minimum atomic E-state index is -3.78. The van der Waals surface area contributed by atoms with E-state index in [4.69, 9.17) is 11.6 Å². The number of rotatable bonds is 4. The van der Waals surface area contributed by atoms with Crippen molar-refractivity contribution in [2.75, 3.05) is 11.0 Å². The molecule has 0 amide bonds. The molecule has 0 unspecified atom stereocenters. The van der Waals surface area contributed by atoms with Crippen LogP contribution in [0.5, 0.6) is 0 Å². The molecule has 106 valence electrons. The highest BCUT2D eigenvalue weighted by atomic mass is 79.9. The minimum absolute atomic E-state index is 0.0666. The Balaban J connectivity index is 2.38. The number of nitrogens with one attached hydrogen (secondary N) is 1. The molecule has 1 heterocycles. The smallest absolute Gasteiger partial charge is 0.265 e. The number of pyridine rings is 1. The maximum absolute atomic E-state index is 12.3. The van der Waals surface area contributed by atoms with Gasteiger partial charge in [-0.05, 0) is 46.5 Å². The van der Waals surface area contributed by atoms with Gasteiger partial charge in [-0.25, -0.2) is 13.4 Å². The van der Waals surface area contributed by atoms with Crippen LogP contribution in [0.25, 0.3) is 0 Å². The van der Waals surface area contributed by atoms with Crippen LogP contribution in [-0.2, 0) is 10.0 Å². The van der Waals surface area contributed by atoms with Gasteiger partial charge < -0.3 is 0 Å². The third kappa shape index (κ3) is 3.66. The number of halogens is 2. The van der Waals surface area contributed by atoms with E-state index in [2.05, 4.69) is 25.6 Å². The first-order valence-corrected chi connectivity index (χ1v) is 9.28. The highest BCUT2D eigenvalue weighted by Crippen LogP contribution is 2.26. The first kappa shape index (κ1) is 15.6. The summed E-state index contributed by atoms with van der Waals surface area (Å²) in [6.07, 6.45) is 3.36. The second-order valence-electron chi connectivity index (χ2n) is 3.78. The number of aromatic nitrogens is 1. The summed E-state index contributed by atoms with van der Waals surface area (Å²) < 4.78 is 27.7. The molecule has 1 N–H and O–H groups in total. The molecule has 1 aromatic heterocycles. The summed E-state index contributed by atoms with van der Waals surface area (Å²) in [6.45, 7) is 0. The third-order valence-electron chi connectivity index (χ3n) is 2.38. The maximum atomic E-state index is 12.3. The number of anilines is 1. The molecule has 0 spiro atoms. The number of hydrogen-bond acceptors (Lipinski definition) is 4. The SMILES string of the molecule is CSc1cccc(NS(=O)(=O)c2cc(Br)cnc2Cl)c1. The first-order valence-electron chi connectivity index (χ1n) is 5.40. The van der Waals surface area contributed by atoms with Gasteiger partial charge >= 0.3 is 0 Å². The molecule has 2 aromatic rings. The van der Waals surface area contributed by atoms with Gasteiger partial charge in [0, 0.05) is 21.3 Å². The minimum Gasteiger partial charge on any atom is -0.279 e. The molecule has 4 nitrogen and oxygen atoms in total. The molecule has 0 atom stereocenters. The van der Waals surface area contributed by atoms with Crippen LogP contribution in [0.2, 0.25) is 5.15 Å². The zero-order valence-electron chi connectivity index (χ0n) is 10.3. The average molecular weight is 394 g/mol. The maximum Gasteiger partial charge on any atom is 0.265 e. The van der Waals surface area contributed by atoms with Gasteiger partial charge in [-0.1, -0.05) is 17.7 Å². The molecule has 0 saturated heterocycles. The molecule has 20 heavy (non-hydrogen) atoms. The molecule has 0 bridgehead atoms. The quantitative estimate of drug-likeness (QED) is 0.629. The van der Waals surface area contributed by atoms with E-state index in [1.165, 1.54) is 24.0 Å². The normalized spacial score (nSPS) is 11.3. The van der Waals surface area contributed by atoms with Crippen LogP contribution < -0.4 is 4.72 Å². The Labute approximate surface area is 135 Å². The van der Waals surface area contributed by atoms with E-state index in [1.54, 1.807) is 18.2 Å². The van der Waals surface area contributed by atoms with Crippen LogP contribution in [0.4, 0.5) is 5.69 Å². The van der Waals surface area contributed by atoms with Crippen molar-refractivity contribution in [1.82, 2.24) is 4.98 Å². The predicted octanol–water partition coefficient (Wildman–Crippen LogP) is 4.02. The van der Waals surface area contributed by atoms with Crippen LogP contribution in [0, 0.1) is 0 Å². The summed E-state index contributed by atoms with van der Waals surface area (Å²) in [6, 6.07) is 8.52. The Morgan fingerprint density at radius 3 is 2.80 bits per heavy atom. The summed E-state index contributed by atoms with van der Waals surface area (Å²) >= 11 is 10.6. The molecular weight excluding hydrogens is 384 g/mol. The monoisotopic (exact) mass is 392 g/mol.